The van der Waals surface area contributed by atoms with E-state index in [0.29, 0.717) is 69.9 Å². The monoisotopic (exact) mass is 570 g/mol. The van der Waals surface area contributed by atoms with Gasteiger partial charge in [0.05, 0.1) is 31.6 Å². The third-order valence-corrected chi connectivity index (χ3v) is 8.14. The zero-order chi connectivity index (χ0) is 29.1. The fourth-order valence-corrected chi connectivity index (χ4v) is 5.88. The predicted octanol–water partition coefficient (Wildman–Crippen LogP) is 4.40. The van der Waals surface area contributed by atoms with Gasteiger partial charge in [-0.3, -0.25) is 4.79 Å². The van der Waals surface area contributed by atoms with Crippen molar-refractivity contribution in [3.63, 3.8) is 0 Å². The van der Waals surface area contributed by atoms with Crippen LogP contribution in [0.5, 0.6) is 6.01 Å². The molecule has 2 aromatic carbocycles. The molecule has 3 aliphatic rings. The molecule has 1 saturated carbocycles. The molecule has 6 rings (SSSR count). The maximum atomic E-state index is 15.0. The summed E-state index contributed by atoms with van der Waals surface area (Å²) in [6.07, 6.45) is 5.39. The highest BCUT2D eigenvalue weighted by molar-refractivity contribution is 5.95. The van der Waals surface area contributed by atoms with Gasteiger partial charge in [0.1, 0.15) is 17.7 Å². The number of amides is 1. The van der Waals surface area contributed by atoms with Crippen LogP contribution in [-0.2, 0) is 22.5 Å². The molecule has 0 radical (unpaired) electrons. The molecule has 0 bridgehead atoms. The zero-order valence-electron chi connectivity index (χ0n) is 23.7. The number of rotatable bonds is 10. The fourth-order valence-electron chi connectivity index (χ4n) is 5.88. The smallest absolute Gasteiger partial charge is 0.318 e. The number of carbonyl (C=O) groups is 1. The lowest BCUT2D eigenvalue weighted by Gasteiger charge is -2.41. The maximum Gasteiger partial charge on any atom is 0.318 e. The van der Waals surface area contributed by atoms with Gasteiger partial charge >= 0.3 is 6.01 Å². The second kappa shape index (κ2) is 12.3. The molecule has 1 aliphatic carbocycles. The van der Waals surface area contributed by atoms with Gasteiger partial charge in [-0.2, -0.15) is 9.97 Å². The first-order valence-corrected chi connectivity index (χ1v) is 14.6. The molecule has 0 unspecified atom stereocenters. The molecule has 1 atom stereocenters. The van der Waals surface area contributed by atoms with Gasteiger partial charge in [0.15, 0.2) is 0 Å². The van der Waals surface area contributed by atoms with Gasteiger partial charge in [0, 0.05) is 49.2 Å². The average molecular weight is 571 g/mol. The number of aromatic nitrogens is 2. The molecule has 1 aromatic heterocycles. The van der Waals surface area contributed by atoms with Gasteiger partial charge < -0.3 is 29.0 Å². The van der Waals surface area contributed by atoms with E-state index in [9.17, 15) is 9.18 Å². The van der Waals surface area contributed by atoms with Crippen LogP contribution in [0.3, 0.4) is 0 Å². The van der Waals surface area contributed by atoms with Gasteiger partial charge in [0.25, 0.3) is 0 Å². The summed E-state index contributed by atoms with van der Waals surface area (Å²) in [5.74, 6) is 0.379. The lowest BCUT2D eigenvalue weighted by atomic mass is 10.0. The number of benzene rings is 2. The van der Waals surface area contributed by atoms with Crippen molar-refractivity contribution in [2.45, 2.75) is 44.4 Å². The van der Waals surface area contributed by atoms with Crippen LogP contribution in [0.4, 0.5) is 15.9 Å². The zero-order valence-corrected chi connectivity index (χ0v) is 23.7. The molecule has 218 valence electrons. The first-order chi connectivity index (χ1) is 20.6. The molecule has 1 amide bonds. The Balaban J connectivity index is 1.29. The van der Waals surface area contributed by atoms with Crippen molar-refractivity contribution in [3.05, 3.63) is 77.5 Å². The van der Waals surface area contributed by atoms with Crippen molar-refractivity contribution in [1.82, 2.24) is 14.9 Å². The van der Waals surface area contributed by atoms with E-state index in [-0.39, 0.29) is 24.3 Å². The minimum absolute atomic E-state index is 0.164. The second-order valence-corrected chi connectivity index (χ2v) is 11.0. The molecule has 9 nitrogen and oxygen atoms in total. The minimum atomic E-state index is -0.268. The third-order valence-electron chi connectivity index (χ3n) is 8.14. The topological polar surface area (TPSA) is 75.4 Å². The van der Waals surface area contributed by atoms with Crippen LogP contribution in [0.15, 0.2) is 49.1 Å². The van der Waals surface area contributed by atoms with Crippen molar-refractivity contribution in [1.29, 1.82) is 0 Å². The van der Waals surface area contributed by atoms with Gasteiger partial charge in [-0.25, -0.2) is 11.0 Å². The van der Waals surface area contributed by atoms with Gasteiger partial charge in [-0.1, -0.05) is 30.8 Å². The minimum Gasteiger partial charge on any atom is -0.463 e. The van der Waals surface area contributed by atoms with E-state index in [2.05, 4.69) is 21.2 Å². The highest BCUT2D eigenvalue weighted by atomic mass is 19.1. The SMILES string of the molecule is [C-]#[N+]C[C@H]1CN(c2nc(OCCCOC3CC3)nc3c2CCN(c2cccc4cccc(F)c24)C3)CCN1C(=O)C=C. The Labute approximate surface area is 245 Å². The second-order valence-electron chi connectivity index (χ2n) is 11.0. The van der Waals surface area contributed by atoms with E-state index in [0.717, 1.165) is 47.4 Å². The van der Waals surface area contributed by atoms with E-state index in [1.54, 1.807) is 11.0 Å². The summed E-state index contributed by atoms with van der Waals surface area (Å²) in [5.41, 5.74) is 2.71. The molecular weight excluding hydrogens is 535 g/mol. The van der Waals surface area contributed by atoms with Crippen molar-refractivity contribution in [2.24, 2.45) is 0 Å². The average Bonchev–Trinajstić information content (AvgIpc) is 3.84. The Morgan fingerprint density at radius 3 is 2.74 bits per heavy atom. The van der Waals surface area contributed by atoms with E-state index < -0.39 is 0 Å². The highest BCUT2D eigenvalue weighted by Gasteiger charge is 2.35. The third kappa shape index (κ3) is 5.88. The first-order valence-electron chi connectivity index (χ1n) is 14.6. The summed E-state index contributed by atoms with van der Waals surface area (Å²) in [4.78, 5) is 31.8. The van der Waals surface area contributed by atoms with E-state index in [1.165, 1.54) is 12.1 Å². The molecular formula is C32H35FN6O3. The number of carbonyl (C=O) groups excluding carboxylic acids is 1. The molecule has 42 heavy (non-hydrogen) atoms. The number of anilines is 2. The van der Waals surface area contributed by atoms with E-state index >= 15 is 0 Å². The predicted molar refractivity (Wildman–Crippen MR) is 159 cm³/mol. The van der Waals surface area contributed by atoms with Gasteiger partial charge in [-0.15, -0.1) is 0 Å². The standard InChI is InChI=1S/C32H35FN6O3/c1-3-29(40)39-16-15-38(20-23(39)19-34-2)31-25-13-14-37(28-10-5-8-22-7-4-9-26(33)30(22)28)21-27(25)35-32(36-31)42-18-6-17-41-24-11-12-24/h3-5,7-10,23-24H,1,6,11-21H2/t23-/m0/s1. The molecule has 2 fully saturated rings. The van der Waals surface area contributed by atoms with Gasteiger partial charge in [-0.05, 0) is 42.9 Å². The van der Waals surface area contributed by atoms with Crippen LogP contribution in [0.2, 0.25) is 0 Å². The maximum absolute atomic E-state index is 15.0. The molecule has 0 spiro atoms. The number of piperazine rings is 1. The van der Waals surface area contributed by atoms with Crippen LogP contribution >= 0.6 is 0 Å². The molecule has 1 saturated heterocycles. The molecule has 3 heterocycles. The van der Waals surface area contributed by atoms with E-state index in [1.807, 2.05) is 24.3 Å². The van der Waals surface area contributed by atoms with Crippen molar-refractivity contribution >= 4 is 28.2 Å². The van der Waals surface area contributed by atoms with Crippen LogP contribution in [0.1, 0.15) is 30.5 Å². The first kappa shape index (κ1) is 27.9. The Bertz CT molecular complexity index is 1510. The van der Waals surface area contributed by atoms with Gasteiger partial charge in [0.2, 0.25) is 12.5 Å². The number of nitrogens with zero attached hydrogens (tertiary/aromatic N) is 6. The van der Waals surface area contributed by atoms with Crippen molar-refractivity contribution in [2.75, 3.05) is 55.7 Å². The number of ether oxygens (including phenoxy) is 2. The largest absolute Gasteiger partial charge is 0.463 e. The van der Waals surface area contributed by atoms with Crippen molar-refractivity contribution in [3.8, 4) is 6.01 Å². The lowest BCUT2D eigenvalue weighted by molar-refractivity contribution is -0.128. The highest BCUT2D eigenvalue weighted by Crippen LogP contribution is 2.35. The Morgan fingerprint density at radius 2 is 1.95 bits per heavy atom. The number of hydrogen-bond acceptors (Lipinski definition) is 7. The Kier molecular flexibility index (Phi) is 8.20. The Morgan fingerprint density at radius 1 is 1.12 bits per heavy atom. The summed E-state index contributed by atoms with van der Waals surface area (Å²) in [6, 6.07) is 11.0. The van der Waals surface area contributed by atoms with Crippen LogP contribution < -0.4 is 14.5 Å². The number of hydrogen-bond donors (Lipinski definition) is 0. The summed E-state index contributed by atoms with van der Waals surface area (Å²) < 4.78 is 26.8. The van der Waals surface area contributed by atoms with Crippen LogP contribution in [-0.4, -0.2) is 78.9 Å². The molecule has 0 N–H and O–H groups in total. The summed E-state index contributed by atoms with van der Waals surface area (Å²) in [7, 11) is 0. The van der Waals surface area contributed by atoms with E-state index in [4.69, 9.17) is 26.0 Å². The summed E-state index contributed by atoms with van der Waals surface area (Å²) in [6.45, 7) is 15.1. The number of halogens is 1. The number of fused-ring (bicyclic) bond motifs is 2. The molecule has 2 aliphatic heterocycles. The molecule has 3 aromatic rings. The Hall–Kier alpha value is -4.23. The normalized spacial score (nSPS) is 18.5. The van der Waals surface area contributed by atoms with Crippen LogP contribution in [0.25, 0.3) is 15.6 Å². The quantitative estimate of drug-likeness (QED) is 0.203. The summed E-state index contributed by atoms with van der Waals surface area (Å²) >= 11 is 0. The summed E-state index contributed by atoms with van der Waals surface area (Å²) in [5, 5.41) is 1.46. The van der Waals surface area contributed by atoms with Crippen molar-refractivity contribution < 1.29 is 18.7 Å². The lowest BCUT2D eigenvalue weighted by Crippen LogP contribution is -2.56. The van der Waals surface area contributed by atoms with Crippen LogP contribution in [0, 0.1) is 12.4 Å². The molecule has 10 heteroatoms. The fraction of sp³-hybridized carbons (Fsp3) is 0.438.